The maximum Gasteiger partial charge on any atom is 0.237 e. The molecule has 5 heteroatoms. The third kappa shape index (κ3) is 6.23. The Morgan fingerprint density at radius 1 is 1.24 bits per heavy atom. The number of nitrogens with zero attached hydrogens (tertiary/aromatic N) is 3. The second-order valence-corrected chi connectivity index (χ2v) is 9.11. The fourth-order valence-electron chi connectivity index (χ4n) is 3.94. The van der Waals surface area contributed by atoms with Crippen molar-refractivity contribution in [3.63, 3.8) is 0 Å². The van der Waals surface area contributed by atoms with Crippen molar-refractivity contribution in [3.8, 4) is 5.88 Å². The van der Waals surface area contributed by atoms with Gasteiger partial charge in [-0.15, -0.1) is 0 Å². The molecule has 0 spiro atoms. The van der Waals surface area contributed by atoms with E-state index in [4.69, 9.17) is 4.74 Å². The van der Waals surface area contributed by atoms with Crippen molar-refractivity contribution in [2.75, 3.05) is 13.1 Å². The smallest absolute Gasteiger partial charge is 0.237 e. The van der Waals surface area contributed by atoms with Crippen LogP contribution in [0.15, 0.2) is 36.2 Å². The lowest BCUT2D eigenvalue weighted by Crippen LogP contribution is -2.36. The van der Waals surface area contributed by atoms with Crippen LogP contribution in [0, 0.1) is 11.8 Å². The number of aromatic nitrogens is 2. The van der Waals surface area contributed by atoms with Crippen LogP contribution in [-0.4, -0.2) is 39.3 Å². The molecule has 1 atom stereocenters. The highest BCUT2D eigenvalue weighted by atomic mass is 16.5. The Balaban J connectivity index is 1.52. The summed E-state index contributed by atoms with van der Waals surface area (Å²) in [6, 6.07) is 0. The highest BCUT2D eigenvalue weighted by Gasteiger charge is 2.27. The van der Waals surface area contributed by atoms with Crippen molar-refractivity contribution in [3.05, 3.63) is 41.9 Å². The predicted octanol–water partition coefficient (Wildman–Crippen LogP) is 4.74. The summed E-state index contributed by atoms with van der Waals surface area (Å²) in [6.45, 7) is 11.0. The summed E-state index contributed by atoms with van der Waals surface area (Å²) in [7, 11) is 0. The minimum absolute atomic E-state index is 0.185. The second-order valence-electron chi connectivity index (χ2n) is 9.11. The molecule has 0 radical (unpaired) electrons. The number of likely N-dealkylation sites (tertiary alicyclic amines) is 1. The number of ketones is 1. The fraction of sp³-hybridized carbons (Fsp3) is 0.625. The summed E-state index contributed by atoms with van der Waals surface area (Å²) in [5, 5.41) is 0. The number of allylic oxidation sites excluding steroid dienone is 4. The van der Waals surface area contributed by atoms with Gasteiger partial charge in [0, 0.05) is 31.3 Å². The van der Waals surface area contributed by atoms with E-state index in [2.05, 4.69) is 60.8 Å². The van der Waals surface area contributed by atoms with Gasteiger partial charge in [0.2, 0.25) is 5.88 Å². The van der Waals surface area contributed by atoms with Crippen LogP contribution in [-0.2, 0) is 11.3 Å². The molecular formula is C24H35N3O2. The van der Waals surface area contributed by atoms with Gasteiger partial charge in [-0.25, -0.2) is 4.98 Å². The average Bonchev–Trinajstić information content (AvgIpc) is 2.70. The molecule has 0 bridgehead atoms. The summed E-state index contributed by atoms with van der Waals surface area (Å²) in [5.41, 5.74) is 1.91. The molecule has 0 amide bonds. The van der Waals surface area contributed by atoms with Crippen molar-refractivity contribution < 1.29 is 9.53 Å². The molecule has 1 aromatic rings. The zero-order chi connectivity index (χ0) is 20.9. The van der Waals surface area contributed by atoms with E-state index in [1.54, 1.807) is 12.4 Å². The Hall–Kier alpha value is -2.01. The Morgan fingerprint density at radius 2 is 1.97 bits per heavy atom. The Morgan fingerprint density at radius 3 is 2.66 bits per heavy atom. The van der Waals surface area contributed by atoms with E-state index in [0.29, 0.717) is 24.0 Å². The first-order valence-corrected chi connectivity index (χ1v) is 11.0. The van der Waals surface area contributed by atoms with Gasteiger partial charge in [0.1, 0.15) is 17.1 Å². The lowest BCUT2D eigenvalue weighted by atomic mass is 9.86. The van der Waals surface area contributed by atoms with E-state index in [-0.39, 0.29) is 11.5 Å². The molecule has 158 valence electrons. The summed E-state index contributed by atoms with van der Waals surface area (Å²) < 4.78 is 6.11. The van der Waals surface area contributed by atoms with E-state index in [1.165, 1.54) is 5.57 Å². The van der Waals surface area contributed by atoms with Crippen molar-refractivity contribution in [1.29, 1.82) is 0 Å². The second kappa shape index (κ2) is 9.66. The van der Waals surface area contributed by atoms with Gasteiger partial charge in [-0.1, -0.05) is 37.6 Å². The number of carbonyl (C=O) groups excluding carboxylic acids is 1. The number of ether oxygens (including phenoxy) is 1. The number of carbonyl (C=O) groups is 1. The van der Waals surface area contributed by atoms with Crippen LogP contribution in [0.3, 0.4) is 0 Å². The van der Waals surface area contributed by atoms with E-state index in [1.807, 2.05) is 0 Å². The molecule has 1 aromatic heterocycles. The molecular weight excluding hydrogens is 362 g/mol. The lowest BCUT2D eigenvalue weighted by molar-refractivity contribution is -0.123. The first kappa shape index (κ1) is 21.7. The van der Waals surface area contributed by atoms with Crippen LogP contribution >= 0.6 is 0 Å². The molecule has 0 saturated carbocycles. The fourth-order valence-corrected chi connectivity index (χ4v) is 3.94. The molecule has 1 unspecified atom stereocenters. The van der Waals surface area contributed by atoms with Crippen molar-refractivity contribution >= 4 is 5.78 Å². The molecule has 0 N–H and O–H groups in total. The third-order valence-corrected chi connectivity index (χ3v) is 6.13. The van der Waals surface area contributed by atoms with Crippen molar-refractivity contribution in [2.24, 2.45) is 11.8 Å². The number of piperidine rings is 1. The highest BCUT2D eigenvalue weighted by molar-refractivity contribution is 5.83. The Kier molecular flexibility index (Phi) is 7.23. The third-order valence-electron chi connectivity index (χ3n) is 6.13. The highest BCUT2D eigenvalue weighted by Crippen LogP contribution is 2.27. The first-order valence-electron chi connectivity index (χ1n) is 11.0. The molecule has 1 aliphatic carbocycles. The molecule has 2 heterocycles. The molecule has 3 rings (SSSR count). The number of rotatable bonds is 8. The lowest BCUT2D eigenvalue weighted by Gasteiger charge is -2.32. The van der Waals surface area contributed by atoms with Crippen LogP contribution in [0.5, 0.6) is 5.88 Å². The molecule has 0 aromatic carbocycles. The standard InChI is InChI=1S/C24H35N3O2/c1-5-24(3,4)29-23-21(25-11-12-26-23)17-27-13-9-20(10-14-27)22(28)16-19-8-6-7-18(2)15-19/h6-8,11-12,18,20H,5,9-10,13-17H2,1-4H3. The van der Waals surface area contributed by atoms with E-state index in [0.717, 1.165) is 51.0 Å². The topological polar surface area (TPSA) is 55.3 Å². The van der Waals surface area contributed by atoms with E-state index in [9.17, 15) is 4.79 Å². The molecule has 1 saturated heterocycles. The van der Waals surface area contributed by atoms with Gasteiger partial charge in [-0.3, -0.25) is 14.7 Å². The van der Waals surface area contributed by atoms with Gasteiger partial charge in [-0.05, 0) is 58.5 Å². The summed E-state index contributed by atoms with van der Waals surface area (Å²) in [4.78, 5) is 24.1. The predicted molar refractivity (Wildman–Crippen MR) is 116 cm³/mol. The summed E-state index contributed by atoms with van der Waals surface area (Å²) in [6.07, 6.45) is 14.2. The number of hydrogen-bond acceptors (Lipinski definition) is 5. The van der Waals surface area contributed by atoms with Crippen LogP contribution in [0.1, 0.15) is 65.5 Å². The molecule has 1 aliphatic heterocycles. The van der Waals surface area contributed by atoms with Gasteiger partial charge in [-0.2, -0.15) is 0 Å². The van der Waals surface area contributed by atoms with E-state index < -0.39 is 0 Å². The maximum atomic E-state index is 12.8. The normalized spacial score (nSPS) is 21.1. The van der Waals surface area contributed by atoms with Crippen molar-refractivity contribution in [2.45, 2.75) is 71.9 Å². The molecule has 1 fully saturated rings. The Labute approximate surface area is 175 Å². The molecule has 5 nitrogen and oxygen atoms in total. The summed E-state index contributed by atoms with van der Waals surface area (Å²) in [5.74, 6) is 1.77. The van der Waals surface area contributed by atoms with Crippen LogP contribution in [0.25, 0.3) is 0 Å². The van der Waals surface area contributed by atoms with Gasteiger partial charge in [0.15, 0.2) is 0 Å². The summed E-state index contributed by atoms with van der Waals surface area (Å²) >= 11 is 0. The number of hydrogen-bond donors (Lipinski definition) is 0. The first-order chi connectivity index (χ1) is 13.9. The van der Waals surface area contributed by atoms with Crippen LogP contribution < -0.4 is 4.74 Å². The molecule has 29 heavy (non-hydrogen) atoms. The minimum Gasteiger partial charge on any atom is -0.470 e. The van der Waals surface area contributed by atoms with E-state index >= 15 is 0 Å². The van der Waals surface area contributed by atoms with Crippen LogP contribution in [0.2, 0.25) is 0 Å². The molecule has 2 aliphatic rings. The van der Waals surface area contributed by atoms with Crippen molar-refractivity contribution in [1.82, 2.24) is 14.9 Å². The monoisotopic (exact) mass is 397 g/mol. The quantitative estimate of drug-likeness (QED) is 0.634. The SMILES string of the molecule is CCC(C)(C)Oc1nccnc1CN1CCC(C(=O)CC2=CC=CC(C)C2)CC1. The van der Waals surface area contributed by atoms with Gasteiger partial charge in [0.25, 0.3) is 0 Å². The zero-order valence-corrected chi connectivity index (χ0v) is 18.4. The van der Waals surface area contributed by atoms with Gasteiger partial charge >= 0.3 is 0 Å². The average molecular weight is 398 g/mol. The number of Topliss-reactive ketones (excluding diaryl/α,β-unsaturated/α-hetero) is 1. The maximum absolute atomic E-state index is 12.8. The largest absolute Gasteiger partial charge is 0.470 e. The van der Waals surface area contributed by atoms with Crippen LogP contribution in [0.4, 0.5) is 0 Å². The van der Waals surface area contributed by atoms with Gasteiger partial charge < -0.3 is 4.74 Å². The van der Waals surface area contributed by atoms with Gasteiger partial charge in [0.05, 0.1) is 0 Å². The zero-order valence-electron chi connectivity index (χ0n) is 18.4. The Bertz CT molecular complexity index is 761. The minimum atomic E-state index is -0.259.